The van der Waals surface area contributed by atoms with Crippen molar-refractivity contribution in [2.45, 2.75) is 18.9 Å². The molecule has 1 aliphatic rings. The van der Waals surface area contributed by atoms with Crippen molar-refractivity contribution in [1.29, 1.82) is 0 Å². The average Bonchev–Trinajstić information content (AvgIpc) is 1.96. The third-order valence-electron chi connectivity index (χ3n) is 2.31. The van der Waals surface area contributed by atoms with Gasteiger partial charge in [0.05, 0.1) is 5.60 Å². The van der Waals surface area contributed by atoms with Crippen LogP contribution in [0.15, 0.2) is 0 Å². The molecule has 0 bridgehead atoms. The maximum absolute atomic E-state index is 9.64. The third kappa shape index (κ3) is 2.36. The van der Waals surface area contributed by atoms with E-state index >= 15 is 0 Å². The minimum absolute atomic E-state index is 0.349. The maximum atomic E-state index is 9.64. The van der Waals surface area contributed by atoms with Crippen LogP contribution in [0.1, 0.15) is 13.3 Å². The van der Waals surface area contributed by atoms with Crippen molar-refractivity contribution in [3.63, 3.8) is 0 Å². The van der Waals surface area contributed by atoms with Crippen molar-refractivity contribution < 1.29 is 5.11 Å². The molecule has 0 aromatic rings. The van der Waals surface area contributed by atoms with Crippen molar-refractivity contribution in [2.24, 2.45) is 0 Å². The van der Waals surface area contributed by atoms with Crippen LogP contribution in [0.3, 0.4) is 0 Å². The highest BCUT2D eigenvalue weighted by molar-refractivity contribution is 7.98. The second-order valence-electron chi connectivity index (χ2n) is 3.28. The van der Waals surface area contributed by atoms with E-state index in [9.17, 15) is 5.11 Å². The predicted octanol–water partition coefficient (Wildman–Crippen LogP) is 0.806. The van der Waals surface area contributed by atoms with E-state index in [1.54, 1.807) is 0 Å². The Bertz CT molecular complexity index is 123. The van der Waals surface area contributed by atoms with Crippen LogP contribution in [0.2, 0.25) is 0 Å². The first kappa shape index (κ1) is 9.36. The van der Waals surface area contributed by atoms with Gasteiger partial charge in [-0.1, -0.05) is 6.92 Å². The Labute approximate surface area is 73.0 Å². The van der Waals surface area contributed by atoms with E-state index in [-0.39, 0.29) is 5.60 Å². The van der Waals surface area contributed by atoms with Crippen molar-refractivity contribution in [3.8, 4) is 0 Å². The molecule has 0 saturated carbocycles. The molecule has 0 amide bonds. The van der Waals surface area contributed by atoms with E-state index in [0.717, 1.165) is 26.1 Å². The van der Waals surface area contributed by atoms with Gasteiger partial charge in [-0.25, -0.2) is 0 Å². The molecule has 0 aromatic carbocycles. The van der Waals surface area contributed by atoms with Gasteiger partial charge in [-0.3, -0.25) is 4.90 Å². The molecule has 1 heterocycles. The standard InChI is InChI=1S/C8H17NOS/c1-3-8(10)6-9(7-8)4-5-11-2/h10H,3-7H2,1-2H3. The Morgan fingerprint density at radius 3 is 2.64 bits per heavy atom. The fourth-order valence-electron chi connectivity index (χ4n) is 1.39. The molecule has 2 nitrogen and oxygen atoms in total. The van der Waals surface area contributed by atoms with Crippen LogP contribution >= 0.6 is 11.8 Å². The lowest BCUT2D eigenvalue weighted by molar-refractivity contribution is -0.0965. The van der Waals surface area contributed by atoms with E-state index < -0.39 is 0 Å². The average molecular weight is 175 g/mol. The Hall–Kier alpha value is 0.270. The SMILES string of the molecule is CCC1(O)CN(CCSC)C1. The highest BCUT2D eigenvalue weighted by Gasteiger charge is 2.38. The molecule has 66 valence electrons. The zero-order valence-corrected chi connectivity index (χ0v) is 8.15. The summed E-state index contributed by atoms with van der Waals surface area (Å²) in [5.74, 6) is 1.18. The largest absolute Gasteiger partial charge is 0.387 e. The smallest absolute Gasteiger partial charge is 0.0897 e. The second kappa shape index (κ2) is 3.78. The molecule has 11 heavy (non-hydrogen) atoms. The fourth-order valence-corrected chi connectivity index (χ4v) is 1.83. The van der Waals surface area contributed by atoms with Crippen LogP contribution in [0, 0.1) is 0 Å². The molecule has 1 fully saturated rings. The maximum Gasteiger partial charge on any atom is 0.0897 e. The van der Waals surface area contributed by atoms with Gasteiger partial charge in [-0.2, -0.15) is 11.8 Å². The Balaban J connectivity index is 2.08. The van der Waals surface area contributed by atoms with E-state index in [1.165, 1.54) is 5.75 Å². The van der Waals surface area contributed by atoms with Crippen LogP contribution in [0.5, 0.6) is 0 Å². The summed E-state index contributed by atoms with van der Waals surface area (Å²) in [6, 6.07) is 0. The normalized spacial score (nSPS) is 23.2. The fraction of sp³-hybridized carbons (Fsp3) is 1.00. The summed E-state index contributed by atoms with van der Waals surface area (Å²) < 4.78 is 0. The first-order valence-corrected chi connectivity index (χ1v) is 5.53. The quantitative estimate of drug-likeness (QED) is 0.684. The highest BCUT2D eigenvalue weighted by Crippen LogP contribution is 2.23. The summed E-state index contributed by atoms with van der Waals surface area (Å²) >= 11 is 1.86. The number of hydrogen-bond acceptors (Lipinski definition) is 3. The van der Waals surface area contributed by atoms with Crippen LogP contribution in [-0.2, 0) is 0 Å². The van der Waals surface area contributed by atoms with Gasteiger partial charge in [-0.15, -0.1) is 0 Å². The molecular weight excluding hydrogens is 158 g/mol. The summed E-state index contributed by atoms with van der Waals surface area (Å²) in [5, 5.41) is 9.64. The summed E-state index contributed by atoms with van der Waals surface area (Å²) in [6.45, 7) is 4.93. The summed E-state index contributed by atoms with van der Waals surface area (Å²) in [7, 11) is 0. The lowest BCUT2D eigenvalue weighted by atomic mass is 9.92. The summed E-state index contributed by atoms with van der Waals surface area (Å²) in [6.07, 6.45) is 3.01. The lowest BCUT2D eigenvalue weighted by Crippen LogP contribution is -2.61. The van der Waals surface area contributed by atoms with Crippen molar-refractivity contribution in [3.05, 3.63) is 0 Å². The summed E-state index contributed by atoms with van der Waals surface area (Å²) in [4.78, 5) is 2.31. The number of hydrogen-bond donors (Lipinski definition) is 1. The predicted molar refractivity (Wildman–Crippen MR) is 50.1 cm³/mol. The van der Waals surface area contributed by atoms with Gasteiger partial charge >= 0.3 is 0 Å². The highest BCUT2D eigenvalue weighted by atomic mass is 32.2. The molecule has 0 radical (unpaired) electrons. The monoisotopic (exact) mass is 175 g/mol. The van der Waals surface area contributed by atoms with Gasteiger partial charge in [0.2, 0.25) is 0 Å². The van der Waals surface area contributed by atoms with Crippen LogP contribution in [-0.4, -0.2) is 47.3 Å². The number of thioether (sulfide) groups is 1. The van der Waals surface area contributed by atoms with Gasteiger partial charge < -0.3 is 5.11 Å². The van der Waals surface area contributed by atoms with Gasteiger partial charge in [0, 0.05) is 25.4 Å². The Morgan fingerprint density at radius 1 is 1.55 bits per heavy atom. The van der Waals surface area contributed by atoms with E-state index in [1.807, 2.05) is 18.7 Å². The van der Waals surface area contributed by atoms with Gasteiger partial charge in [-0.05, 0) is 12.7 Å². The molecular formula is C8H17NOS. The van der Waals surface area contributed by atoms with Crippen LogP contribution < -0.4 is 0 Å². The van der Waals surface area contributed by atoms with E-state index in [4.69, 9.17) is 0 Å². The van der Waals surface area contributed by atoms with Crippen molar-refractivity contribution in [2.75, 3.05) is 31.6 Å². The Kier molecular flexibility index (Phi) is 3.22. The lowest BCUT2D eigenvalue weighted by Gasteiger charge is -2.46. The molecule has 1 saturated heterocycles. The molecule has 0 unspecified atom stereocenters. The molecule has 1 aliphatic heterocycles. The van der Waals surface area contributed by atoms with Gasteiger partial charge in [0.25, 0.3) is 0 Å². The number of β-amino-alcohol motifs (C(OH)–C–C–N with tert-alkyl or cyclic N) is 1. The minimum Gasteiger partial charge on any atom is -0.387 e. The molecule has 1 rings (SSSR count). The van der Waals surface area contributed by atoms with Crippen LogP contribution in [0.4, 0.5) is 0 Å². The number of likely N-dealkylation sites (tertiary alicyclic amines) is 1. The molecule has 3 heteroatoms. The zero-order chi connectivity index (χ0) is 8.32. The topological polar surface area (TPSA) is 23.5 Å². The van der Waals surface area contributed by atoms with Gasteiger partial charge in [0.15, 0.2) is 0 Å². The zero-order valence-electron chi connectivity index (χ0n) is 7.34. The van der Waals surface area contributed by atoms with Crippen molar-refractivity contribution >= 4 is 11.8 Å². The van der Waals surface area contributed by atoms with E-state index in [0.29, 0.717) is 0 Å². The van der Waals surface area contributed by atoms with Crippen molar-refractivity contribution in [1.82, 2.24) is 4.90 Å². The first-order chi connectivity index (χ1) is 5.20. The third-order valence-corrected chi connectivity index (χ3v) is 2.90. The van der Waals surface area contributed by atoms with E-state index in [2.05, 4.69) is 11.2 Å². The summed E-state index contributed by atoms with van der Waals surface area (Å²) in [5.41, 5.74) is -0.349. The molecule has 0 atom stereocenters. The molecule has 0 aliphatic carbocycles. The first-order valence-electron chi connectivity index (χ1n) is 4.14. The molecule has 1 N–H and O–H groups in total. The van der Waals surface area contributed by atoms with Crippen LogP contribution in [0.25, 0.3) is 0 Å². The molecule has 0 aromatic heterocycles. The number of nitrogens with zero attached hydrogens (tertiary/aromatic N) is 1. The molecule has 0 spiro atoms. The Morgan fingerprint density at radius 2 is 2.18 bits per heavy atom. The minimum atomic E-state index is -0.349. The number of rotatable bonds is 4. The second-order valence-corrected chi connectivity index (χ2v) is 4.27. The van der Waals surface area contributed by atoms with Gasteiger partial charge in [0.1, 0.15) is 0 Å². The number of aliphatic hydroxyl groups is 1.